The van der Waals surface area contributed by atoms with Crippen LogP contribution in [0.2, 0.25) is 5.02 Å². The average Bonchev–Trinajstić information content (AvgIpc) is 3.61. The predicted molar refractivity (Wildman–Crippen MR) is 154 cm³/mol. The molecule has 8 heteroatoms. The van der Waals surface area contributed by atoms with Crippen LogP contribution in [0.1, 0.15) is 51.0 Å². The number of carbonyl (C=O) groups excluding carboxylic acids is 3. The molecule has 210 valence electrons. The maximum Gasteiger partial charge on any atom is 0.246 e. The number of fused-ring (bicyclic) bond motifs is 1. The molecular formula is C32H36ClN3O4. The first-order valence-corrected chi connectivity index (χ1v) is 14.9. The van der Waals surface area contributed by atoms with Crippen LogP contribution in [-0.4, -0.2) is 52.5 Å². The molecular weight excluding hydrogens is 526 g/mol. The Morgan fingerprint density at radius 3 is 2.50 bits per heavy atom. The second-order valence-corrected chi connectivity index (χ2v) is 12.1. The molecule has 7 nitrogen and oxygen atoms in total. The molecule has 0 unspecified atom stereocenters. The van der Waals surface area contributed by atoms with Crippen LogP contribution in [0.3, 0.4) is 0 Å². The highest BCUT2D eigenvalue weighted by atomic mass is 35.5. The summed E-state index contributed by atoms with van der Waals surface area (Å²) < 4.78 is 6.49. The summed E-state index contributed by atoms with van der Waals surface area (Å²) in [5, 5.41) is 6.77. The van der Waals surface area contributed by atoms with Crippen LogP contribution in [0.5, 0.6) is 0 Å². The van der Waals surface area contributed by atoms with Gasteiger partial charge in [-0.15, -0.1) is 0 Å². The number of ether oxygens (including phenoxy) is 1. The van der Waals surface area contributed by atoms with Crippen LogP contribution in [-0.2, 0) is 25.5 Å². The fraction of sp³-hybridized carbons (Fsp3) is 0.469. The third-order valence-electron chi connectivity index (χ3n) is 9.09. The number of hydrogen-bond acceptors (Lipinski definition) is 4. The van der Waals surface area contributed by atoms with E-state index in [1.165, 1.54) is 12.0 Å². The van der Waals surface area contributed by atoms with Crippen molar-refractivity contribution in [2.75, 3.05) is 5.32 Å². The molecule has 2 aromatic rings. The molecule has 6 atom stereocenters. The molecule has 6 rings (SSSR count). The Morgan fingerprint density at radius 1 is 1.05 bits per heavy atom. The molecule has 3 heterocycles. The highest BCUT2D eigenvalue weighted by molar-refractivity contribution is 6.30. The lowest BCUT2D eigenvalue weighted by atomic mass is 9.74. The van der Waals surface area contributed by atoms with E-state index in [1.807, 2.05) is 37.3 Å². The Morgan fingerprint density at radius 2 is 1.77 bits per heavy atom. The molecule has 1 saturated carbocycles. The van der Waals surface area contributed by atoms with E-state index in [0.29, 0.717) is 17.1 Å². The SMILES string of the molecule is C[C@H](CCc1ccccc1)N1C(=O)[C@@H]2[C@H](C(=O)Nc3ccc(Cl)cc3)[C@@H]3C=C[C@@]2(O3)[C@@H]1C(=O)NC1CCCCC1. The second-order valence-electron chi connectivity index (χ2n) is 11.7. The first kappa shape index (κ1) is 27.0. The minimum Gasteiger partial charge on any atom is -0.359 e. The summed E-state index contributed by atoms with van der Waals surface area (Å²) in [4.78, 5) is 43.7. The monoisotopic (exact) mass is 561 g/mol. The van der Waals surface area contributed by atoms with E-state index in [4.69, 9.17) is 16.3 Å². The summed E-state index contributed by atoms with van der Waals surface area (Å²) >= 11 is 6.01. The van der Waals surface area contributed by atoms with E-state index in [0.717, 1.165) is 32.1 Å². The summed E-state index contributed by atoms with van der Waals surface area (Å²) in [7, 11) is 0. The van der Waals surface area contributed by atoms with Crippen molar-refractivity contribution in [1.82, 2.24) is 10.2 Å². The highest BCUT2D eigenvalue weighted by Crippen LogP contribution is 2.56. The quantitative estimate of drug-likeness (QED) is 0.449. The van der Waals surface area contributed by atoms with Gasteiger partial charge in [-0.1, -0.05) is 73.3 Å². The lowest BCUT2D eigenvalue weighted by Crippen LogP contribution is -2.58. The Balaban J connectivity index is 1.29. The van der Waals surface area contributed by atoms with Gasteiger partial charge in [0, 0.05) is 22.8 Å². The number of amides is 3. The molecule has 1 aliphatic carbocycles. The number of nitrogens with zero attached hydrogens (tertiary/aromatic N) is 1. The molecule has 2 saturated heterocycles. The minimum atomic E-state index is -1.16. The van der Waals surface area contributed by atoms with Crippen molar-refractivity contribution in [3.63, 3.8) is 0 Å². The fourth-order valence-electron chi connectivity index (χ4n) is 7.13. The summed E-state index contributed by atoms with van der Waals surface area (Å²) in [6, 6.07) is 16.1. The third-order valence-corrected chi connectivity index (χ3v) is 9.35. The van der Waals surface area contributed by atoms with E-state index < -0.39 is 29.6 Å². The molecule has 3 amide bonds. The summed E-state index contributed by atoms with van der Waals surface area (Å²) in [6.07, 6.45) is 9.89. The second kappa shape index (κ2) is 11.0. The van der Waals surface area contributed by atoms with E-state index in [-0.39, 0.29) is 29.8 Å². The summed E-state index contributed by atoms with van der Waals surface area (Å²) in [5.41, 5.74) is 0.615. The molecule has 0 aromatic heterocycles. The van der Waals surface area contributed by atoms with Gasteiger partial charge in [0.25, 0.3) is 0 Å². The average molecular weight is 562 g/mol. The van der Waals surface area contributed by atoms with Gasteiger partial charge in [-0.05, 0) is 62.4 Å². The van der Waals surface area contributed by atoms with Gasteiger partial charge in [0.05, 0.1) is 17.9 Å². The highest BCUT2D eigenvalue weighted by Gasteiger charge is 2.73. The molecule has 2 N–H and O–H groups in total. The van der Waals surface area contributed by atoms with E-state index in [1.54, 1.807) is 29.2 Å². The minimum absolute atomic E-state index is 0.0971. The zero-order valence-corrected chi connectivity index (χ0v) is 23.5. The van der Waals surface area contributed by atoms with Crippen LogP contribution in [0.15, 0.2) is 66.7 Å². The van der Waals surface area contributed by atoms with Crippen molar-refractivity contribution in [3.8, 4) is 0 Å². The lowest BCUT2D eigenvalue weighted by Gasteiger charge is -2.36. The lowest BCUT2D eigenvalue weighted by molar-refractivity contribution is -0.143. The van der Waals surface area contributed by atoms with Crippen molar-refractivity contribution >= 4 is 35.0 Å². The van der Waals surface area contributed by atoms with Crippen molar-refractivity contribution in [3.05, 3.63) is 77.3 Å². The van der Waals surface area contributed by atoms with Crippen molar-refractivity contribution in [2.45, 2.75) is 81.7 Å². The summed E-state index contributed by atoms with van der Waals surface area (Å²) in [5.74, 6) is -2.16. The van der Waals surface area contributed by atoms with Crippen LogP contribution in [0.4, 0.5) is 5.69 Å². The molecule has 2 aromatic carbocycles. The predicted octanol–water partition coefficient (Wildman–Crippen LogP) is 4.90. The number of carbonyl (C=O) groups is 3. The molecule has 40 heavy (non-hydrogen) atoms. The van der Waals surface area contributed by atoms with Gasteiger partial charge in [0.1, 0.15) is 11.6 Å². The van der Waals surface area contributed by atoms with Gasteiger partial charge in [0.2, 0.25) is 17.7 Å². The Hall–Kier alpha value is -3.16. The Bertz CT molecular complexity index is 1290. The first-order chi connectivity index (χ1) is 19.4. The van der Waals surface area contributed by atoms with E-state index in [2.05, 4.69) is 22.8 Å². The van der Waals surface area contributed by atoms with E-state index >= 15 is 0 Å². The molecule has 2 bridgehead atoms. The Kier molecular flexibility index (Phi) is 7.44. The van der Waals surface area contributed by atoms with Crippen molar-refractivity contribution < 1.29 is 19.1 Å². The zero-order chi connectivity index (χ0) is 27.9. The van der Waals surface area contributed by atoms with Gasteiger partial charge in [-0.25, -0.2) is 0 Å². The third kappa shape index (κ3) is 4.83. The number of halogens is 1. The number of rotatable bonds is 8. The van der Waals surface area contributed by atoms with Crippen LogP contribution >= 0.6 is 11.6 Å². The smallest absolute Gasteiger partial charge is 0.246 e. The van der Waals surface area contributed by atoms with Gasteiger partial charge < -0.3 is 20.3 Å². The van der Waals surface area contributed by atoms with Gasteiger partial charge in [-0.2, -0.15) is 0 Å². The molecule has 3 fully saturated rings. The molecule has 0 radical (unpaired) electrons. The zero-order valence-electron chi connectivity index (χ0n) is 22.7. The van der Waals surface area contributed by atoms with Gasteiger partial charge in [-0.3, -0.25) is 14.4 Å². The summed E-state index contributed by atoms with van der Waals surface area (Å²) in [6.45, 7) is 2.00. The van der Waals surface area contributed by atoms with Gasteiger partial charge >= 0.3 is 0 Å². The van der Waals surface area contributed by atoms with Crippen molar-refractivity contribution in [1.29, 1.82) is 0 Å². The largest absolute Gasteiger partial charge is 0.359 e. The van der Waals surface area contributed by atoms with Crippen LogP contribution in [0, 0.1) is 11.8 Å². The number of hydrogen-bond donors (Lipinski definition) is 2. The molecule has 4 aliphatic rings. The first-order valence-electron chi connectivity index (χ1n) is 14.5. The molecule has 1 spiro atoms. The van der Waals surface area contributed by atoms with Crippen LogP contribution in [0.25, 0.3) is 0 Å². The Labute approximate surface area is 240 Å². The number of aryl methyl sites for hydroxylation is 1. The van der Waals surface area contributed by atoms with Crippen molar-refractivity contribution in [2.24, 2.45) is 11.8 Å². The number of anilines is 1. The number of benzene rings is 2. The number of likely N-dealkylation sites (tertiary alicyclic amines) is 1. The maximum atomic E-state index is 14.3. The maximum absolute atomic E-state index is 14.3. The topological polar surface area (TPSA) is 87.7 Å². The fourth-order valence-corrected chi connectivity index (χ4v) is 7.25. The standard InChI is InChI=1S/C32H36ClN3O4/c1-20(12-13-21-8-4-2-5-9-21)36-28(30(38)35-23-10-6-3-7-11-23)32-19-18-25(40-32)26(27(32)31(36)39)29(37)34-24-16-14-22(33)15-17-24/h2,4-5,8-9,14-20,23,25-28H,3,6-7,10-13H2,1H3,(H,34,37)(H,35,38)/t20-,25+,26-,27+,28+,32+/m1/s1. The van der Waals surface area contributed by atoms with E-state index in [9.17, 15) is 14.4 Å². The normalized spacial score (nSPS) is 29.9. The van der Waals surface area contributed by atoms with Gasteiger partial charge in [0.15, 0.2) is 0 Å². The molecule has 3 aliphatic heterocycles. The van der Waals surface area contributed by atoms with Crippen LogP contribution < -0.4 is 10.6 Å². The number of nitrogens with one attached hydrogen (secondary N) is 2.